The number of carbonyl (C=O) groups is 1. The molecule has 0 saturated heterocycles. The van der Waals surface area contributed by atoms with Crippen molar-refractivity contribution in [2.24, 2.45) is 5.73 Å². The van der Waals surface area contributed by atoms with Crippen LogP contribution in [-0.2, 0) is 10.0 Å². The molecule has 1 saturated carbocycles. The fourth-order valence-corrected chi connectivity index (χ4v) is 4.50. The summed E-state index contributed by atoms with van der Waals surface area (Å²) in [6.45, 7) is 3.94. The second-order valence-electron chi connectivity index (χ2n) is 7.38. The van der Waals surface area contributed by atoms with Crippen molar-refractivity contribution in [3.05, 3.63) is 29.8 Å². The van der Waals surface area contributed by atoms with E-state index in [0.29, 0.717) is 12.1 Å². The fourth-order valence-electron chi connectivity index (χ4n) is 3.04. The average Bonchev–Trinajstić information content (AvgIpc) is 2.61. The first-order valence-electron chi connectivity index (χ1n) is 8.78. The lowest BCUT2D eigenvalue weighted by Gasteiger charge is -2.30. The second-order valence-corrected chi connectivity index (χ2v) is 9.38. The molecule has 0 heterocycles. The van der Waals surface area contributed by atoms with Gasteiger partial charge in [-0.2, -0.15) is 4.31 Å². The molecule has 0 bridgehead atoms. The van der Waals surface area contributed by atoms with Crippen LogP contribution in [-0.4, -0.2) is 43.8 Å². The highest BCUT2D eigenvalue weighted by molar-refractivity contribution is 7.89. The van der Waals surface area contributed by atoms with Crippen LogP contribution in [0.3, 0.4) is 0 Å². The van der Waals surface area contributed by atoms with Crippen molar-refractivity contribution in [3.8, 4) is 0 Å². The molecule has 3 N–H and O–H groups in total. The van der Waals surface area contributed by atoms with Crippen LogP contribution in [0.4, 0.5) is 0 Å². The molecule has 6 nitrogen and oxygen atoms in total. The van der Waals surface area contributed by atoms with Gasteiger partial charge in [-0.1, -0.05) is 25.3 Å². The summed E-state index contributed by atoms with van der Waals surface area (Å²) >= 11 is 0. The maximum atomic E-state index is 12.9. The van der Waals surface area contributed by atoms with E-state index in [0.717, 1.165) is 32.1 Å². The number of rotatable bonds is 6. The molecule has 1 fully saturated rings. The molecule has 0 aliphatic heterocycles. The predicted molar refractivity (Wildman–Crippen MR) is 106 cm³/mol. The quantitative estimate of drug-likeness (QED) is 0.763. The predicted octanol–water partition coefficient (Wildman–Crippen LogP) is 2.53. The lowest BCUT2D eigenvalue weighted by molar-refractivity contribution is 0.0915. The van der Waals surface area contributed by atoms with Crippen molar-refractivity contribution in [3.63, 3.8) is 0 Å². The summed E-state index contributed by atoms with van der Waals surface area (Å²) in [5.74, 6) is -0.326. The Kier molecular flexibility index (Phi) is 8.07. The van der Waals surface area contributed by atoms with Gasteiger partial charge in [0.1, 0.15) is 0 Å². The number of nitrogens with zero attached hydrogens (tertiary/aromatic N) is 1. The van der Waals surface area contributed by atoms with E-state index in [2.05, 4.69) is 5.32 Å². The lowest BCUT2D eigenvalue weighted by atomic mass is 9.96. The van der Waals surface area contributed by atoms with Gasteiger partial charge in [-0.3, -0.25) is 4.79 Å². The molecule has 8 heteroatoms. The van der Waals surface area contributed by atoms with Crippen molar-refractivity contribution in [2.75, 3.05) is 13.6 Å². The van der Waals surface area contributed by atoms with E-state index in [1.807, 2.05) is 13.8 Å². The first-order valence-corrected chi connectivity index (χ1v) is 10.2. The van der Waals surface area contributed by atoms with E-state index in [4.69, 9.17) is 5.73 Å². The van der Waals surface area contributed by atoms with Crippen LogP contribution in [0.25, 0.3) is 0 Å². The lowest BCUT2D eigenvalue weighted by Crippen LogP contribution is -2.48. The number of benzene rings is 1. The molecule has 1 aromatic rings. The number of halogens is 1. The maximum Gasteiger partial charge on any atom is 0.251 e. The zero-order valence-corrected chi connectivity index (χ0v) is 17.3. The molecule has 2 rings (SSSR count). The van der Waals surface area contributed by atoms with Gasteiger partial charge in [0.15, 0.2) is 0 Å². The number of sulfonamides is 1. The van der Waals surface area contributed by atoms with Crippen molar-refractivity contribution in [1.82, 2.24) is 9.62 Å². The van der Waals surface area contributed by atoms with Crippen LogP contribution in [0.1, 0.15) is 56.3 Å². The monoisotopic (exact) mass is 403 g/mol. The summed E-state index contributed by atoms with van der Waals surface area (Å²) in [6, 6.07) is 6.23. The zero-order chi connectivity index (χ0) is 18.7. The zero-order valence-electron chi connectivity index (χ0n) is 15.7. The fraction of sp³-hybridized carbons (Fsp3) is 0.611. The molecule has 0 atom stereocenters. The molecule has 0 unspecified atom stereocenters. The van der Waals surface area contributed by atoms with Crippen molar-refractivity contribution in [2.45, 2.75) is 62.4 Å². The van der Waals surface area contributed by atoms with Gasteiger partial charge >= 0.3 is 0 Å². The highest BCUT2D eigenvalue weighted by Gasteiger charge is 2.29. The first kappa shape index (κ1) is 22.9. The molecule has 0 spiro atoms. The van der Waals surface area contributed by atoms with Gasteiger partial charge in [0, 0.05) is 30.7 Å². The van der Waals surface area contributed by atoms with E-state index in [1.54, 1.807) is 25.2 Å². The Morgan fingerprint density at radius 1 is 1.27 bits per heavy atom. The summed E-state index contributed by atoms with van der Waals surface area (Å²) < 4.78 is 27.3. The average molecular weight is 404 g/mol. The molecule has 1 aliphatic rings. The van der Waals surface area contributed by atoms with Gasteiger partial charge in [-0.15, -0.1) is 12.4 Å². The number of amides is 1. The van der Waals surface area contributed by atoms with Gasteiger partial charge in [-0.25, -0.2) is 8.42 Å². The van der Waals surface area contributed by atoms with Crippen LogP contribution < -0.4 is 11.1 Å². The highest BCUT2D eigenvalue weighted by Crippen LogP contribution is 2.26. The summed E-state index contributed by atoms with van der Waals surface area (Å²) in [5.41, 5.74) is 5.41. The van der Waals surface area contributed by atoms with Crippen molar-refractivity contribution < 1.29 is 13.2 Å². The third-order valence-electron chi connectivity index (χ3n) is 4.82. The Bertz CT molecular complexity index is 716. The number of hydrogen-bond acceptors (Lipinski definition) is 4. The SMILES string of the molecule is CN(C1CCCCC1)S(=O)(=O)c1cccc(C(=O)NC(C)(C)CN)c1.Cl. The molecule has 1 aliphatic carbocycles. The van der Waals surface area contributed by atoms with E-state index in [1.165, 1.54) is 10.4 Å². The Labute approximate surface area is 163 Å². The van der Waals surface area contributed by atoms with E-state index >= 15 is 0 Å². The molecule has 1 amide bonds. The van der Waals surface area contributed by atoms with Gasteiger partial charge in [0.25, 0.3) is 5.91 Å². The second kappa shape index (κ2) is 9.17. The smallest absolute Gasteiger partial charge is 0.251 e. The third kappa shape index (κ3) is 5.42. The minimum atomic E-state index is -3.62. The summed E-state index contributed by atoms with van der Waals surface area (Å²) in [5, 5.41) is 2.82. The minimum Gasteiger partial charge on any atom is -0.346 e. The van der Waals surface area contributed by atoms with E-state index in [9.17, 15) is 13.2 Å². The molecule has 0 aromatic heterocycles. The van der Waals surface area contributed by atoms with Crippen LogP contribution >= 0.6 is 12.4 Å². The largest absolute Gasteiger partial charge is 0.346 e. The Morgan fingerprint density at radius 3 is 2.46 bits per heavy atom. The molecule has 1 aromatic carbocycles. The van der Waals surface area contributed by atoms with Gasteiger partial charge in [0.2, 0.25) is 10.0 Å². The van der Waals surface area contributed by atoms with Crippen molar-refractivity contribution >= 4 is 28.3 Å². The number of hydrogen-bond donors (Lipinski definition) is 2. The third-order valence-corrected chi connectivity index (χ3v) is 6.73. The standard InChI is InChI=1S/C18H29N3O3S.ClH/c1-18(2,13-19)20-17(22)14-8-7-11-16(12-14)25(23,24)21(3)15-9-5-4-6-10-15;/h7-8,11-12,15H,4-6,9-10,13,19H2,1-3H3,(H,20,22);1H. The molecule has 0 radical (unpaired) electrons. The Morgan fingerprint density at radius 2 is 1.88 bits per heavy atom. The maximum absolute atomic E-state index is 12.9. The van der Waals surface area contributed by atoms with Crippen molar-refractivity contribution in [1.29, 1.82) is 0 Å². The first-order chi connectivity index (χ1) is 11.7. The number of carbonyl (C=O) groups excluding carboxylic acids is 1. The molecule has 26 heavy (non-hydrogen) atoms. The van der Waals surface area contributed by atoms with Crippen LogP contribution in [0.15, 0.2) is 29.2 Å². The van der Waals surface area contributed by atoms with E-state index < -0.39 is 15.6 Å². The normalized spacial score (nSPS) is 16.2. The summed E-state index contributed by atoms with van der Waals surface area (Å²) in [7, 11) is -1.98. The van der Waals surface area contributed by atoms with Crippen LogP contribution in [0, 0.1) is 0 Å². The molecular formula is C18H30ClN3O3S. The van der Waals surface area contributed by atoms with Gasteiger partial charge in [-0.05, 0) is 44.9 Å². The number of nitrogens with two attached hydrogens (primary N) is 1. The summed E-state index contributed by atoms with van der Waals surface area (Å²) in [6.07, 6.45) is 5.06. The molecular weight excluding hydrogens is 374 g/mol. The topological polar surface area (TPSA) is 92.5 Å². The Hall–Kier alpha value is -1.15. The van der Waals surface area contributed by atoms with Gasteiger partial charge in [0.05, 0.1) is 4.90 Å². The summed E-state index contributed by atoms with van der Waals surface area (Å²) in [4.78, 5) is 12.5. The Balaban J connectivity index is 0.00000338. The molecule has 148 valence electrons. The van der Waals surface area contributed by atoms with Gasteiger partial charge < -0.3 is 11.1 Å². The van der Waals surface area contributed by atoms with Crippen LogP contribution in [0.2, 0.25) is 0 Å². The highest BCUT2D eigenvalue weighted by atomic mass is 35.5. The number of nitrogens with one attached hydrogen (secondary N) is 1. The minimum absolute atomic E-state index is 0. The van der Waals surface area contributed by atoms with E-state index in [-0.39, 0.29) is 29.3 Å². The van der Waals surface area contributed by atoms with Crippen LogP contribution in [0.5, 0.6) is 0 Å².